The highest BCUT2D eigenvalue weighted by atomic mass is 16.5. The summed E-state index contributed by atoms with van der Waals surface area (Å²) in [5.41, 5.74) is 10.7. The van der Waals surface area contributed by atoms with Crippen molar-refractivity contribution in [3.05, 3.63) is 11.7 Å². The fourth-order valence-corrected chi connectivity index (χ4v) is 1.03. The van der Waals surface area contributed by atoms with Crippen LogP contribution in [-0.2, 0) is 0 Å². The van der Waals surface area contributed by atoms with Crippen LogP contribution in [0.25, 0.3) is 0 Å². The molecule has 1 rings (SSSR count). The van der Waals surface area contributed by atoms with Gasteiger partial charge in [-0.3, -0.25) is 4.79 Å². The van der Waals surface area contributed by atoms with Crippen molar-refractivity contribution in [2.45, 2.75) is 32.2 Å². The molecule has 1 aromatic heterocycles. The van der Waals surface area contributed by atoms with Crippen LogP contribution in [0.1, 0.15) is 48.7 Å². The van der Waals surface area contributed by atoms with E-state index >= 15 is 0 Å². The molecule has 0 fully saturated rings. The lowest BCUT2D eigenvalue weighted by Crippen LogP contribution is -2.14. The van der Waals surface area contributed by atoms with E-state index < -0.39 is 5.91 Å². The lowest BCUT2D eigenvalue weighted by atomic mass is 10.1. The van der Waals surface area contributed by atoms with E-state index in [1.54, 1.807) is 0 Å². The monoisotopic (exact) mass is 198 g/mol. The topological polar surface area (TPSA) is 108 Å². The summed E-state index contributed by atoms with van der Waals surface area (Å²) in [6.45, 7) is 2.06. The van der Waals surface area contributed by atoms with E-state index in [0.717, 1.165) is 19.3 Å². The number of nitrogens with zero attached hydrogens (tertiary/aromatic N) is 2. The Kier molecular flexibility index (Phi) is 3.58. The minimum absolute atomic E-state index is 0.119. The number of hydrogen-bond acceptors (Lipinski definition) is 5. The summed E-state index contributed by atoms with van der Waals surface area (Å²) in [5.74, 6) is -0.554. The molecule has 14 heavy (non-hydrogen) atoms. The molecule has 1 aromatic rings. The molecule has 4 N–H and O–H groups in total. The van der Waals surface area contributed by atoms with Crippen LogP contribution >= 0.6 is 0 Å². The fourth-order valence-electron chi connectivity index (χ4n) is 1.03. The number of rotatable bonds is 5. The first-order chi connectivity index (χ1) is 6.65. The fraction of sp³-hybridized carbons (Fsp3) is 0.625. The third-order valence-corrected chi connectivity index (χ3v) is 1.85. The van der Waals surface area contributed by atoms with Gasteiger partial charge in [0.05, 0.1) is 6.04 Å². The average Bonchev–Trinajstić information content (AvgIpc) is 2.62. The Bertz CT molecular complexity index is 310. The normalized spacial score (nSPS) is 12.7. The van der Waals surface area contributed by atoms with Gasteiger partial charge in [0.25, 0.3) is 11.7 Å². The zero-order valence-electron chi connectivity index (χ0n) is 8.06. The van der Waals surface area contributed by atoms with E-state index in [1.165, 1.54) is 0 Å². The van der Waals surface area contributed by atoms with E-state index in [4.69, 9.17) is 16.0 Å². The molecule has 1 atom stereocenters. The van der Waals surface area contributed by atoms with Crippen molar-refractivity contribution in [3.63, 3.8) is 0 Å². The maximum atomic E-state index is 10.6. The molecule has 0 saturated heterocycles. The first kappa shape index (κ1) is 10.6. The van der Waals surface area contributed by atoms with Crippen LogP contribution in [0.15, 0.2) is 4.52 Å². The Hall–Kier alpha value is -1.43. The van der Waals surface area contributed by atoms with Crippen molar-refractivity contribution < 1.29 is 9.32 Å². The largest absolute Gasteiger partial charge is 0.363 e. The Balaban J connectivity index is 2.61. The molecule has 0 aromatic carbocycles. The SMILES string of the molecule is CCCCC(N)c1nc(C(N)=O)no1. The Labute approximate surface area is 81.6 Å². The van der Waals surface area contributed by atoms with Gasteiger partial charge in [-0.15, -0.1) is 0 Å². The molecule has 1 heterocycles. The number of unbranched alkanes of at least 4 members (excludes halogenated alkanes) is 1. The van der Waals surface area contributed by atoms with Crippen molar-refractivity contribution in [3.8, 4) is 0 Å². The van der Waals surface area contributed by atoms with Gasteiger partial charge in [0.2, 0.25) is 5.89 Å². The molecule has 1 amide bonds. The second-order valence-corrected chi connectivity index (χ2v) is 3.07. The van der Waals surface area contributed by atoms with Gasteiger partial charge in [-0.25, -0.2) is 0 Å². The predicted octanol–water partition coefficient (Wildman–Crippen LogP) is 0.359. The van der Waals surface area contributed by atoms with Crippen molar-refractivity contribution in [2.75, 3.05) is 0 Å². The molecule has 0 aliphatic rings. The quantitative estimate of drug-likeness (QED) is 0.710. The lowest BCUT2D eigenvalue weighted by Gasteiger charge is -2.03. The van der Waals surface area contributed by atoms with Crippen molar-refractivity contribution in [2.24, 2.45) is 11.5 Å². The minimum atomic E-state index is -0.706. The first-order valence-electron chi connectivity index (χ1n) is 4.54. The van der Waals surface area contributed by atoms with Crippen LogP contribution in [0.2, 0.25) is 0 Å². The molecule has 0 bridgehead atoms. The number of aromatic nitrogens is 2. The molecule has 0 aliphatic heterocycles. The third-order valence-electron chi connectivity index (χ3n) is 1.85. The molecule has 0 spiro atoms. The highest BCUT2D eigenvalue weighted by Crippen LogP contribution is 2.14. The van der Waals surface area contributed by atoms with E-state index in [-0.39, 0.29) is 17.8 Å². The number of amides is 1. The summed E-state index contributed by atoms with van der Waals surface area (Å²) < 4.78 is 4.80. The number of hydrogen-bond donors (Lipinski definition) is 2. The molecule has 6 heteroatoms. The standard InChI is InChI=1S/C8H14N4O2/c1-2-3-4-5(9)8-11-7(6(10)13)12-14-8/h5H,2-4,9H2,1H3,(H2,10,13). The molecule has 0 radical (unpaired) electrons. The highest BCUT2D eigenvalue weighted by Gasteiger charge is 2.16. The molecule has 1 unspecified atom stereocenters. The van der Waals surface area contributed by atoms with Crippen molar-refractivity contribution in [1.82, 2.24) is 10.1 Å². The van der Waals surface area contributed by atoms with Gasteiger partial charge in [0.1, 0.15) is 0 Å². The third kappa shape index (κ3) is 2.53. The van der Waals surface area contributed by atoms with Crippen LogP contribution < -0.4 is 11.5 Å². The van der Waals surface area contributed by atoms with Crippen LogP contribution in [0.4, 0.5) is 0 Å². The smallest absolute Gasteiger partial charge is 0.290 e. The summed E-state index contributed by atoms with van der Waals surface area (Å²) in [6.07, 6.45) is 2.79. The Morgan fingerprint density at radius 1 is 1.64 bits per heavy atom. The second kappa shape index (κ2) is 4.71. The first-order valence-corrected chi connectivity index (χ1v) is 4.54. The average molecular weight is 198 g/mol. The van der Waals surface area contributed by atoms with Gasteiger partial charge in [0, 0.05) is 0 Å². The lowest BCUT2D eigenvalue weighted by molar-refractivity contribution is 0.0987. The van der Waals surface area contributed by atoms with E-state index in [2.05, 4.69) is 17.1 Å². The van der Waals surface area contributed by atoms with Crippen LogP contribution in [0, 0.1) is 0 Å². The number of primary amides is 1. The Morgan fingerprint density at radius 3 is 2.86 bits per heavy atom. The minimum Gasteiger partial charge on any atom is -0.363 e. The Morgan fingerprint density at radius 2 is 2.36 bits per heavy atom. The molecule has 78 valence electrons. The molecule has 0 aliphatic carbocycles. The summed E-state index contributed by atoms with van der Waals surface area (Å²) in [4.78, 5) is 14.4. The van der Waals surface area contributed by atoms with Gasteiger partial charge in [-0.1, -0.05) is 24.9 Å². The number of nitrogens with two attached hydrogens (primary N) is 2. The molecular formula is C8H14N4O2. The van der Waals surface area contributed by atoms with Gasteiger partial charge >= 0.3 is 0 Å². The van der Waals surface area contributed by atoms with Crippen molar-refractivity contribution in [1.29, 1.82) is 0 Å². The van der Waals surface area contributed by atoms with Gasteiger partial charge < -0.3 is 16.0 Å². The van der Waals surface area contributed by atoms with Crippen molar-refractivity contribution >= 4 is 5.91 Å². The summed E-state index contributed by atoms with van der Waals surface area (Å²) in [6, 6.07) is -0.310. The highest BCUT2D eigenvalue weighted by molar-refractivity contribution is 5.88. The van der Waals surface area contributed by atoms with Gasteiger partial charge in [0.15, 0.2) is 0 Å². The molecular weight excluding hydrogens is 184 g/mol. The zero-order valence-corrected chi connectivity index (χ0v) is 8.06. The van der Waals surface area contributed by atoms with E-state index in [1.807, 2.05) is 0 Å². The van der Waals surface area contributed by atoms with Gasteiger partial charge in [-0.2, -0.15) is 4.98 Å². The predicted molar refractivity (Wildman–Crippen MR) is 49.3 cm³/mol. The summed E-state index contributed by atoms with van der Waals surface area (Å²) in [7, 11) is 0. The van der Waals surface area contributed by atoms with E-state index in [9.17, 15) is 4.79 Å². The molecule has 0 saturated carbocycles. The summed E-state index contributed by atoms with van der Waals surface area (Å²) >= 11 is 0. The maximum Gasteiger partial charge on any atom is 0.290 e. The number of carbonyl (C=O) groups excluding carboxylic acids is 1. The van der Waals surface area contributed by atoms with Gasteiger partial charge in [-0.05, 0) is 6.42 Å². The van der Waals surface area contributed by atoms with Crippen LogP contribution in [0.5, 0.6) is 0 Å². The zero-order chi connectivity index (χ0) is 10.6. The van der Waals surface area contributed by atoms with Crippen LogP contribution in [-0.4, -0.2) is 16.0 Å². The number of carbonyl (C=O) groups is 1. The maximum absolute atomic E-state index is 10.6. The van der Waals surface area contributed by atoms with Crippen LogP contribution in [0.3, 0.4) is 0 Å². The summed E-state index contributed by atoms with van der Waals surface area (Å²) in [5, 5.41) is 3.40. The van der Waals surface area contributed by atoms with E-state index in [0.29, 0.717) is 0 Å². The molecule has 6 nitrogen and oxygen atoms in total. The second-order valence-electron chi connectivity index (χ2n) is 3.07.